The molecule has 1 amide bonds. The molecular weight excluding hydrogens is 412 g/mol. The standard InChI is InChI=1S/C19H18N4O4S2/c1-22(12-18(25)23-11-10-13-4-2-3-5-15(13)23)29(26,27)19-9-7-16(28-19)14-6-8-17(24)21-20-14/h2-9H,10-12H2,1H3,(H,21,24). The minimum atomic E-state index is -3.83. The van der Waals surface area contributed by atoms with Crippen LogP contribution in [0, 0.1) is 0 Å². The van der Waals surface area contributed by atoms with E-state index >= 15 is 0 Å². The van der Waals surface area contributed by atoms with E-state index in [0.29, 0.717) is 17.1 Å². The van der Waals surface area contributed by atoms with Crippen LogP contribution in [0.2, 0.25) is 0 Å². The molecule has 0 bridgehead atoms. The van der Waals surface area contributed by atoms with Gasteiger partial charge in [0.25, 0.3) is 15.6 Å². The highest BCUT2D eigenvalue weighted by Crippen LogP contribution is 2.31. The predicted molar refractivity (Wildman–Crippen MR) is 110 cm³/mol. The zero-order valence-corrected chi connectivity index (χ0v) is 17.2. The summed E-state index contributed by atoms with van der Waals surface area (Å²) in [7, 11) is -2.44. The number of aromatic nitrogens is 2. The highest BCUT2D eigenvalue weighted by Gasteiger charge is 2.30. The number of H-pyrrole nitrogens is 1. The van der Waals surface area contributed by atoms with Gasteiger partial charge in [0, 0.05) is 25.3 Å². The van der Waals surface area contributed by atoms with Gasteiger partial charge in [0.05, 0.1) is 11.4 Å². The second-order valence-corrected chi connectivity index (χ2v) is 9.97. The first-order chi connectivity index (χ1) is 13.9. The summed E-state index contributed by atoms with van der Waals surface area (Å²) in [5, 5.41) is 6.24. The molecule has 0 aliphatic carbocycles. The zero-order valence-electron chi connectivity index (χ0n) is 15.5. The van der Waals surface area contributed by atoms with Gasteiger partial charge in [0.2, 0.25) is 5.91 Å². The third-order valence-corrected chi connectivity index (χ3v) is 8.10. The molecule has 1 aliphatic heterocycles. The second-order valence-electron chi connectivity index (χ2n) is 6.61. The Balaban J connectivity index is 1.51. The molecular formula is C19H18N4O4S2. The van der Waals surface area contributed by atoms with Crippen LogP contribution in [0.3, 0.4) is 0 Å². The van der Waals surface area contributed by atoms with Gasteiger partial charge in [-0.2, -0.15) is 9.40 Å². The summed E-state index contributed by atoms with van der Waals surface area (Å²) < 4.78 is 27.0. The van der Waals surface area contributed by atoms with Crippen LogP contribution in [0.1, 0.15) is 5.56 Å². The molecule has 3 aromatic rings. The van der Waals surface area contributed by atoms with Crippen LogP contribution in [0.15, 0.2) is 57.5 Å². The maximum atomic E-state index is 12.9. The summed E-state index contributed by atoms with van der Waals surface area (Å²) in [6, 6.07) is 13.6. The van der Waals surface area contributed by atoms with E-state index in [2.05, 4.69) is 10.2 Å². The molecule has 0 radical (unpaired) electrons. The van der Waals surface area contributed by atoms with E-state index in [1.807, 2.05) is 24.3 Å². The number of amides is 1. The van der Waals surface area contributed by atoms with Crippen LogP contribution in [0.4, 0.5) is 5.69 Å². The molecule has 1 aromatic carbocycles. The van der Waals surface area contributed by atoms with E-state index in [9.17, 15) is 18.0 Å². The number of thiophene rings is 1. The van der Waals surface area contributed by atoms with E-state index < -0.39 is 10.0 Å². The maximum absolute atomic E-state index is 12.9. The number of para-hydroxylation sites is 1. The molecule has 2 aromatic heterocycles. The number of anilines is 1. The minimum absolute atomic E-state index is 0.109. The molecule has 0 fully saturated rings. The van der Waals surface area contributed by atoms with Crippen molar-refractivity contribution in [1.82, 2.24) is 14.5 Å². The highest BCUT2D eigenvalue weighted by molar-refractivity contribution is 7.91. The van der Waals surface area contributed by atoms with Crippen LogP contribution in [-0.2, 0) is 21.2 Å². The van der Waals surface area contributed by atoms with Gasteiger partial charge in [-0.1, -0.05) is 18.2 Å². The van der Waals surface area contributed by atoms with Crippen molar-refractivity contribution in [3.63, 3.8) is 0 Å². The van der Waals surface area contributed by atoms with E-state index in [-0.39, 0.29) is 22.2 Å². The molecule has 0 unspecified atom stereocenters. The molecule has 0 spiro atoms. The number of carbonyl (C=O) groups is 1. The number of hydrogen-bond acceptors (Lipinski definition) is 6. The van der Waals surface area contributed by atoms with Crippen molar-refractivity contribution in [3.05, 3.63) is 64.4 Å². The lowest BCUT2D eigenvalue weighted by Gasteiger charge is -2.21. The van der Waals surface area contributed by atoms with Gasteiger partial charge in [0.15, 0.2) is 0 Å². The number of carbonyl (C=O) groups excluding carboxylic acids is 1. The third kappa shape index (κ3) is 3.74. The van der Waals surface area contributed by atoms with Gasteiger partial charge < -0.3 is 4.90 Å². The fourth-order valence-corrected chi connectivity index (χ4v) is 5.80. The fourth-order valence-electron chi connectivity index (χ4n) is 3.19. The number of benzene rings is 1. The number of likely N-dealkylation sites (N-methyl/N-ethyl adjacent to an activating group) is 1. The van der Waals surface area contributed by atoms with Crippen molar-refractivity contribution in [2.24, 2.45) is 0 Å². The Morgan fingerprint density at radius 1 is 1.21 bits per heavy atom. The summed E-state index contributed by atoms with van der Waals surface area (Å²) in [5.41, 5.74) is 2.07. The number of aromatic amines is 1. The summed E-state index contributed by atoms with van der Waals surface area (Å²) >= 11 is 1.04. The first-order valence-corrected chi connectivity index (χ1v) is 11.1. The summed E-state index contributed by atoms with van der Waals surface area (Å²) in [5.74, 6) is -0.264. The zero-order chi connectivity index (χ0) is 20.6. The van der Waals surface area contributed by atoms with Gasteiger partial charge in [-0.3, -0.25) is 9.59 Å². The average Bonchev–Trinajstić information content (AvgIpc) is 3.36. The van der Waals surface area contributed by atoms with Crippen molar-refractivity contribution in [2.75, 3.05) is 25.0 Å². The first-order valence-electron chi connectivity index (χ1n) is 8.87. The quantitative estimate of drug-likeness (QED) is 0.664. The molecule has 0 saturated carbocycles. The van der Waals surface area contributed by atoms with Crippen LogP contribution < -0.4 is 10.5 Å². The number of nitrogens with one attached hydrogen (secondary N) is 1. The van der Waals surface area contributed by atoms with E-state index in [1.54, 1.807) is 11.0 Å². The largest absolute Gasteiger partial charge is 0.311 e. The third-order valence-electron chi connectivity index (χ3n) is 4.72. The Labute approximate surface area is 171 Å². The lowest BCUT2D eigenvalue weighted by atomic mass is 10.2. The van der Waals surface area contributed by atoms with Crippen molar-refractivity contribution >= 4 is 33.0 Å². The smallest absolute Gasteiger partial charge is 0.264 e. The Kier molecular flexibility index (Phi) is 5.07. The second kappa shape index (κ2) is 7.54. The number of sulfonamides is 1. The lowest BCUT2D eigenvalue weighted by Crippen LogP contribution is -2.40. The normalized spacial score (nSPS) is 13.7. The van der Waals surface area contributed by atoms with E-state index in [4.69, 9.17) is 0 Å². The van der Waals surface area contributed by atoms with Crippen molar-refractivity contribution in [2.45, 2.75) is 10.6 Å². The van der Waals surface area contributed by atoms with Crippen molar-refractivity contribution < 1.29 is 13.2 Å². The van der Waals surface area contributed by atoms with Gasteiger partial charge >= 0.3 is 0 Å². The van der Waals surface area contributed by atoms with Crippen LogP contribution in [0.25, 0.3) is 10.6 Å². The number of rotatable bonds is 5. The Bertz CT molecular complexity index is 1210. The molecule has 4 rings (SSSR count). The summed E-state index contributed by atoms with van der Waals surface area (Å²) in [4.78, 5) is 26.1. The minimum Gasteiger partial charge on any atom is -0.311 e. The Morgan fingerprint density at radius 2 is 2.00 bits per heavy atom. The number of nitrogens with zero attached hydrogens (tertiary/aromatic N) is 3. The Hall–Kier alpha value is -2.82. The monoisotopic (exact) mass is 430 g/mol. The van der Waals surface area contributed by atoms with Gasteiger partial charge in [0.1, 0.15) is 9.90 Å². The molecule has 0 saturated heterocycles. The SMILES string of the molecule is CN(CC(=O)N1CCc2ccccc21)S(=O)(=O)c1ccc(-c2ccc(=O)[nH]n2)s1. The molecule has 29 heavy (non-hydrogen) atoms. The van der Waals surface area contributed by atoms with Crippen molar-refractivity contribution in [3.8, 4) is 10.6 Å². The molecule has 1 aliphatic rings. The maximum Gasteiger partial charge on any atom is 0.264 e. The fraction of sp³-hybridized carbons (Fsp3) is 0.211. The number of hydrogen-bond donors (Lipinski definition) is 1. The van der Waals surface area contributed by atoms with Gasteiger partial charge in [-0.25, -0.2) is 13.5 Å². The summed E-state index contributed by atoms with van der Waals surface area (Å²) in [6.45, 7) is 0.300. The average molecular weight is 431 g/mol. The first kappa shape index (κ1) is 19.5. The van der Waals surface area contributed by atoms with Crippen LogP contribution in [-0.4, -0.2) is 49.0 Å². The van der Waals surface area contributed by atoms with Gasteiger partial charge in [-0.05, 0) is 36.2 Å². The van der Waals surface area contributed by atoms with Crippen LogP contribution in [0.5, 0.6) is 0 Å². The summed E-state index contributed by atoms with van der Waals surface area (Å²) in [6.07, 6.45) is 0.763. The topological polar surface area (TPSA) is 103 Å². The molecule has 0 atom stereocenters. The van der Waals surface area contributed by atoms with Crippen LogP contribution >= 0.6 is 11.3 Å². The molecule has 150 valence electrons. The van der Waals surface area contributed by atoms with Gasteiger partial charge in [-0.15, -0.1) is 11.3 Å². The number of fused-ring (bicyclic) bond motifs is 1. The molecule has 8 nitrogen and oxygen atoms in total. The highest BCUT2D eigenvalue weighted by atomic mass is 32.2. The Morgan fingerprint density at radius 3 is 2.76 bits per heavy atom. The predicted octanol–water partition coefficient (Wildman–Crippen LogP) is 1.71. The van der Waals surface area contributed by atoms with E-state index in [1.165, 1.54) is 25.2 Å². The van der Waals surface area contributed by atoms with Crippen molar-refractivity contribution in [1.29, 1.82) is 0 Å². The molecule has 1 N–H and O–H groups in total. The van der Waals surface area contributed by atoms with E-state index in [0.717, 1.165) is 33.3 Å². The lowest BCUT2D eigenvalue weighted by molar-refractivity contribution is -0.118. The molecule has 10 heteroatoms. The molecule has 3 heterocycles.